The second-order valence-corrected chi connectivity index (χ2v) is 9.03. The van der Waals surface area contributed by atoms with Gasteiger partial charge in [0, 0.05) is 44.6 Å². The number of ether oxygens (including phenoxy) is 2. The van der Waals surface area contributed by atoms with Gasteiger partial charge in [-0.05, 0) is 42.0 Å². The van der Waals surface area contributed by atoms with E-state index in [0.29, 0.717) is 23.1 Å². The molecule has 1 aliphatic heterocycles. The zero-order valence-electron chi connectivity index (χ0n) is 20.7. The molecule has 4 heterocycles. The quantitative estimate of drug-likeness (QED) is 0.304. The number of hydrogen-bond acceptors (Lipinski definition) is 7. The molecule has 10 nitrogen and oxygen atoms in total. The molecular weight excluding hydrogens is 508 g/mol. The molecule has 198 valence electrons. The van der Waals surface area contributed by atoms with Crippen LogP contribution in [0.2, 0.25) is 0 Å². The van der Waals surface area contributed by atoms with E-state index in [1.165, 1.54) is 21.5 Å². The molecule has 1 aliphatic rings. The Morgan fingerprint density at radius 1 is 1.15 bits per heavy atom. The van der Waals surface area contributed by atoms with Crippen LogP contribution in [-0.2, 0) is 7.05 Å². The van der Waals surface area contributed by atoms with E-state index < -0.39 is 12.5 Å². The lowest BCUT2D eigenvalue weighted by atomic mass is 9.94. The van der Waals surface area contributed by atoms with Gasteiger partial charge in [-0.15, -0.1) is 0 Å². The Labute approximate surface area is 221 Å². The fraction of sp³-hybridized carbons (Fsp3) is 0.185. The first-order valence-corrected chi connectivity index (χ1v) is 12.2. The number of amides is 1. The van der Waals surface area contributed by atoms with Gasteiger partial charge in [0.15, 0.2) is 5.65 Å². The van der Waals surface area contributed by atoms with Crippen LogP contribution in [0.5, 0.6) is 17.2 Å². The first-order chi connectivity index (χ1) is 18.9. The Hall–Kier alpha value is -4.84. The van der Waals surface area contributed by atoms with E-state index >= 15 is 0 Å². The van der Waals surface area contributed by atoms with E-state index in [1.807, 2.05) is 24.3 Å². The number of fused-ring (bicyclic) bond motifs is 1. The SMILES string of the molecule is Cn1cc(NC(=O)c2cnn3cccnc23)c(-c2cc(Oc3cccc(C4CNC4)c3)ccc2OC(F)F)n1. The molecule has 3 aromatic heterocycles. The average molecular weight is 532 g/mol. The largest absolute Gasteiger partial charge is 0.457 e. The number of hydrogen-bond donors (Lipinski definition) is 2. The summed E-state index contributed by atoms with van der Waals surface area (Å²) in [6.45, 7) is -1.24. The number of halogens is 2. The Balaban J connectivity index is 1.34. The van der Waals surface area contributed by atoms with E-state index in [1.54, 1.807) is 43.8 Å². The number of carbonyl (C=O) groups is 1. The van der Waals surface area contributed by atoms with Crippen LogP contribution >= 0.6 is 0 Å². The predicted molar refractivity (Wildman–Crippen MR) is 138 cm³/mol. The molecule has 1 fully saturated rings. The van der Waals surface area contributed by atoms with Crippen molar-refractivity contribution in [2.45, 2.75) is 12.5 Å². The minimum atomic E-state index is -3.06. The third-order valence-electron chi connectivity index (χ3n) is 6.37. The number of nitrogens with one attached hydrogen (secondary N) is 2. The number of anilines is 1. The van der Waals surface area contributed by atoms with Gasteiger partial charge < -0.3 is 20.1 Å². The lowest BCUT2D eigenvalue weighted by molar-refractivity contribution is -0.0494. The van der Waals surface area contributed by atoms with Gasteiger partial charge in [-0.25, -0.2) is 9.50 Å². The summed E-state index contributed by atoms with van der Waals surface area (Å²) in [7, 11) is 1.66. The minimum Gasteiger partial charge on any atom is -0.457 e. The van der Waals surface area contributed by atoms with Crippen molar-refractivity contribution in [1.82, 2.24) is 29.7 Å². The van der Waals surface area contributed by atoms with E-state index in [9.17, 15) is 13.6 Å². The summed E-state index contributed by atoms with van der Waals surface area (Å²) in [6.07, 6.45) is 6.21. The van der Waals surface area contributed by atoms with Gasteiger partial charge in [0.05, 0.1) is 17.4 Å². The fourth-order valence-corrected chi connectivity index (χ4v) is 4.40. The van der Waals surface area contributed by atoms with E-state index in [2.05, 4.69) is 25.8 Å². The predicted octanol–water partition coefficient (Wildman–Crippen LogP) is 4.46. The molecule has 0 radical (unpaired) electrons. The van der Waals surface area contributed by atoms with Crippen LogP contribution in [0.3, 0.4) is 0 Å². The second-order valence-electron chi connectivity index (χ2n) is 9.03. The number of alkyl halides is 2. The molecular formula is C27H23F2N7O3. The van der Waals surface area contributed by atoms with Gasteiger partial charge in [-0.3, -0.25) is 9.48 Å². The Morgan fingerprint density at radius 3 is 2.79 bits per heavy atom. The van der Waals surface area contributed by atoms with Gasteiger partial charge in [-0.2, -0.15) is 19.0 Å². The van der Waals surface area contributed by atoms with Gasteiger partial charge in [-0.1, -0.05) is 12.1 Å². The summed E-state index contributed by atoms with van der Waals surface area (Å²) in [5.74, 6) is 0.838. The maximum absolute atomic E-state index is 13.3. The Morgan fingerprint density at radius 2 is 2.00 bits per heavy atom. The number of rotatable bonds is 8. The van der Waals surface area contributed by atoms with Crippen LogP contribution < -0.4 is 20.1 Å². The second kappa shape index (κ2) is 10.1. The van der Waals surface area contributed by atoms with Crippen molar-refractivity contribution in [3.8, 4) is 28.5 Å². The lowest BCUT2D eigenvalue weighted by Gasteiger charge is -2.27. The van der Waals surface area contributed by atoms with Crippen LogP contribution in [0.4, 0.5) is 14.5 Å². The molecule has 0 spiro atoms. The number of carbonyl (C=O) groups excluding carboxylic acids is 1. The Kier molecular flexibility index (Phi) is 6.37. The van der Waals surface area contributed by atoms with Crippen LogP contribution in [0.25, 0.3) is 16.9 Å². The van der Waals surface area contributed by atoms with Crippen molar-refractivity contribution in [2.24, 2.45) is 7.05 Å². The molecule has 1 saturated heterocycles. The molecule has 5 aromatic rings. The van der Waals surface area contributed by atoms with Gasteiger partial charge in [0.1, 0.15) is 28.5 Å². The highest BCUT2D eigenvalue weighted by Gasteiger charge is 2.23. The number of aromatic nitrogens is 5. The van der Waals surface area contributed by atoms with Crippen LogP contribution in [-0.4, -0.2) is 50.0 Å². The summed E-state index contributed by atoms with van der Waals surface area (Å²) in [5.41, 5.74) is 2.51. The van der Waals surface area contributed by atoms with Gasteiger partial charge >= 0.3 is 6.61 Å². The normalized spacial score (nSPS) is 13.4. The first-order valence-electron chi connectivity index (χ1n) is 12.2. The first kappa shape index (κ1) is 24.5. The standard InChI is InChI=1S/C27H23F2N7O3/c1-35-15-22(33-26(37)21-14-32-36-9-3-8-31-25(21)36)24(34-35)20-11-19(6-7-23(20)39-27(28)29)38-18-5-2-4-16(10-18)17-12-30-13-17/h2-11,14-15,17,27,30H,12-13H2,1H3,(H,33,37). The third-order valence-corrected chi connectivity index (χ3v) is 6.37. The molecule has 0 aliphatic carbocycles. The van der Waals surface area contributed by atoms with Crippen molar-refractivity contribution in [2.75, 3.05) is 18.4 Å². The third kappa shape index (κ3) is 5.01. The molecule has 0 atom stereocenters. The molecule has 1 amide bonds. The van der Waals surface area contributed by atoms with Crippen LogP contribution in [0, 0.1) is 0 Å². The van der Waals surface area contributed by atoms with Crippen molar-refractivity contribution in [1.29, 1.82) is 0 Å². The van der Waals surface area contributed by atoms with Gasteiger partial charge in [0.2, 0.25) is 0 Å². The van der Waals surface area contributed by atoms with Crippen molar-refractivity contribution >= 4 is 17.2 Å². The molecule has 2 aromatic carbocycles. The van der Waals surface area contributed by atoms with Crippen molar-refractivity contribution < 1.29 is 23.0 Å². The highest BCUT2D eigenvalue weighted by Crippen LogP contribution is 2.39. The zero-order chi connectivity index (χ0) is 26.9. The Bertz CT molecular complexity index is 1660. The molecule has 12 heteroatoms. The molecule has 2 N–H and O–H groups in total. The van der Waals surface area contributed by atoms with Crippen LogP contribution in [0.15, 0.2) is 73.3 Å². The van der Waals surface area contributed by atoms with E-state index in [0.717, 1.165) is 18.7 Å². The topological polar surface area (TPSA) is 108 Å². The fourth-order valence-electron chi connectivity index (χ4n) is 4.40. The molecule has 0 unspecified atom stereocenters. The summed E-state index contributed by atoms with van der Waals surface area (Å²) in [4.78, 5) is 17.4. The van der Waals surface area contributed by atoms with Crippen molar-refractivity contribution in [3.05, 3.63) is 84.4 Å². The van der Waals surface area contributed by atoms with E-state index in [-0.39, 0.29) is 28.3 Å². The highest BCUT2D eigenvalue weighted by atomic mass is 19.3. The number of benzene rings is 2. The minimum absolute atomic E-state index is 0.113. The summed E-state index contributed by atoms with van der Waals surface area (Å²) >= 11 is 0. The number of nitrogens with zero attached hydrogens (tertiary/aromatic N) is 5. The van der Waals surface area contributed by atoms with E-state index in [4.69, 9.17) is 9.47 Å². The maximum Gasteiger partial charge on any atom is 0.387 e. The van der Waals surface area contributed by atoms with Crippen LogP contribution in [0.1, 0.15) is 21.8 Å². The van der Waals surface area contributed by atoms with Crippen molar-refractivity contribution in [3.63, 3.8) is 0 Å². The zero-order valence-corrected chi connectivity index (χ0v) is 20.7. The highest BCUT2D eigenvalue weighted by molar-refractivity contribution is 6.09. The maximum atomic E-state index is 13.3. The summed E-state index contributed by atoms with van der Waals surface area (Å²) < 4.78 is 40.4. The lowest BCUT2D eigenvalue weighted by Crippen LogP contribution is -2.39. The molecule has 0 bridgehead atoms. The average Bonchev–Trinajstić information content (AvgIpc) is 3.47. The molecule has 0 saturated carbocycles. The van der Waals surface area contributed by atoms with Gasteiger partial charge in [0.25, 0.3) is 5.91 Å². The summed E-state index contributed by atoms with van der Waals surface area (Å²) in [6, 6.07) is 14.0. The monoisotopic (exact) mass is 531 g/mol. The smallest absolute Gasteiger partial charge is 0.387 e. The number of aryl methyl sites for hydroxylation is 1. The summed E-state index contributed by atoms with van der Waals surface area (Å²) in [5, 5.41) is 14.6. The molecule has 6 rings (SSSR count). The molecule has 39 heavy (non-hydrogen) atoms.